The highest BCUT2D eigenvalue weighted by Crippen LogP contribution is 2.29. The maximum absolute atomic E-state index is 12.6. The second-order valence-electron chi connectivity index (χ2n) is 6.51. The number of halogens is 3. The Morgan fingerprint density at radius 2 is 1.66 bits per heavy atom. The van der Waals surface area contributed by atoms with Gasteiger partial charge in [-0.1, -0.05) is 48.5 Å². The van der Waals surface area contributed by atoms with Gasteiger partial charge in [-0.2, -0.15) is 13.2 Å². The summed E-state index contributed by atoms with van der Waals surface area (Å²) in [5, 5.41) is 0. The molecule has 6 heteroatoms. The molecule has 0 aliphatic carbocycles. The monoisotopic (exact) mass is 392 g/mol. The van der Waals surface area contributed by atoms with Crippen molar-refractivity contribution in [3.05, 3.63) is 89.2 Å². The number of aromatic amines is 1. The Bertz CT molecular complexity index is 1210. The fourth-order valence-corrected chi connectivity index (χ4v) is 3.10. The third-order valence-electron chi connectivity index (χ3n) is 4.57. The van der Waals surface area contributed by atoms with E-state index < -0.39 is 11.7 Å². The maximum Gasteiger partial charge on any atom is 0.416 e. The molecule has 0 spiro atoms. The van der Waals surface area contributed by atoms with Crippen LogP contribution in [0.5, 0.6) is 0 Å². The minimum absolute atomic E-state index is 0.584. The predicted molar refractivity (Wildman–Crippen MR) is 107 cm³/mol. The highest BCUT2D eigenvalue weighted by atomic mass is 19.4. The van der Waals surface area contributed by atoms with E-state index in [0.29, 0.717) is 17.0 Å². The molecule has 0 radical (unpaired) electrons. The number of H-pyrrole nitrogens is 1. The summed E-state index contributed by atoms with van der Waals surface area (Å²) in [5.41, 5.74) is 3.84. The van der Waals surface area contributed by atoms with Crippen molar-refractivity contribution in [2.45, 2.75) is 6.18 Å². The highest BCUT2D eigenvalue weighted by molar-refractivity contribution is 5.91. The number of hydrogen-bond acceptors (Lipinski definition) is 2. The molecule has 0 fully saturated rings. The normalized spacial score (nSPS) is 12.0. The molecule has 1 N–H and O–H groups in total. The number of aldehydes is 1. The molecule has 1 aromatic heterocycles. The van der Waals surface area contributed by atoms with Gasteiger partial charge in [0.25, 0.3) is 0 Å². The molecule has 4 rings (SSSR count). The van der Waals surface area contributed by atoms with Crippen LogP contribution in [0.2, 0.25) is 0 Å². The van der Waals surface area contributed by atoms with E-state index in [0.717, 1.165) is 40.6 Å². The Kier molecular flexibility index (Phi) is 4.76. The number of alkyl halides is 3. The number of hydrogen-bond donors (Lipinski definition) is 1. The molecule has 144 valence electrons. The lowest BCUT2D eigenvalue weighted by molar-refractivity contribution is -0.137. The Morgan fingerprint density at radius 1 is 0.897 bits per heavy atom. The van der Waals surface area contributed by atoms with Gasteiger partial charge in [-0.25, -0.2) is 4.98 Å². The van der Waals surface area contributed by atoms with Crippen LogP contribution in [0, 0.1) is 0 Å². The van der Waals surface area contributed by atoms with Crippen molar-refractivity contribution in [1.82, 2.24) is 9.97 Å². The van der Waals surface area contributed by atoms with E-state index in [1.54, 1.807) is 18.2 Å². The van der Waals surface area contributed by atoms with E-state index in [1.165, 1.54) is 12.1 Å². The molecule has 0 unspecified atom stereocenters. The van der Waals surface area contributed by atoms with Gasteiger partial charge >= 0.3 is 6.18 Å². The number of nitrogens with one attached hydrogen (secondary N) is 1. The lowest BCUT2D eigenvalue weighted by Gasteiger charge is -2.05. The van der Waals surface area contributed by atoms with Crippen LogP contribution >= 0.6 is 0 Å². The molecule has 0 bridgehead atoms. The first-order valence-electron chi connectivity index (χ1n) is 8.84. The van der Waals surface area contributed by atoms with Crippen LogP contribution < -0.4 is 0 Å². The molecule has 1 heterocycles. The Hall–Kier alpha value is -3.67. The molecule has 0 atom stereocenters. The number of imidazole rings is 1. The lowest BCUT2D eigenvalue weighted by Crippen LogP contribution is -2.03. The summed E-state index contributed by atoms with van der Waals surface area (Å²) in [5.74, 6) is 0.584. The van der Waals surface area contributed by atoms with E-state index in [9.17, 15) is 18.0 Å². The summed E-state index contributed by atoms with van der Waals surface area (Å²) < 4.78 is 37.9. The van der Waals surface area contributed by atoms with Crippen LogP contribution in [-0.2, 0) is 6.18 Å². The maximum atomic E-state index is 12.6. The van der Waals surface area contributed by atoms with Crippen LogP contribution in [0.3, 0.4) is 0 Å². The zero-order chi connectivity index (χ0) is 20.4. The van der Waals surface area contributed by atoms with E-state index in [4.69, 9.17) is 0 Å². The van der Waals surface area contributed by atoms with Crippen molar-refractivity contribution < 1.29 is 18.0 Å². The van der Waals surface area contributed by atoms with Crippen molar-refractivity contribution in [3.63, 3.8) is 0 Å². The number of fused-ring (bicyclic) bond motifs is 1. The van der Waals surface area contributed by atoms with Crippen LogP contribution in [0.4, 0.5) is 13.2 Å². The first-order valence-corrected chi connectivity index (χ1v) is 8.84. The minimum Gasteiger partial charge on any atom is -0.338 e. The average molecular weight is 392 g/mol. The zero-order valence-corrected chi connectivity index (χ0v) is 15.1. The Morgan fingerprint density at radius 3 is 2.38 bits per heavy atom. The average Bonchev–Trinajstić information content (AvgIpc) is 3.14. The van der Waals surface area contributed by atoms with Gasteiger partial charge in [-0.15, -0.1) is 0 Å². The number of carbonyl (C=O) groups is 1. The number of nitrogens with zero attached hydrogens (tertiary/aromatic N) is 1. The molecule has 0 aliphatic heterocycles. The van der Waals surface area contributed by atoms with Gasteiger partial charge in [-0.3, -0.25) is 4.79 Å². The second-order valence-corrected chi connectivity index (χ2v) is 6.51. The predicted octanol–water partition coefficient (Wildman–Crippen LogP) is 6.23. The number of carbonyl (C=O) groups excluding carboxylic acids is 1. The van der Waals surface area contributed by atoms with Gasteiger partial charge in [0.15, 0.2) is 6.29 Å². The molecule has 0 amide bonds. The van der Waals surface area contributed by atoms with Crippen LogP contribution in [0.1, 0.15) is 27.3 Å². The van der Waals surface area contributed by atoms with Crippen molar-refractivity contribution in [2.75, 3.05) is 0 Å². The van der Waals surface area contributed by atoms with Crippen LogP contribution in [0.25, 0.3) is 34.3 Å². The van der Waals surface area contributed by atoms with Gasteiger partial charge in [0, 0.05) is 5.56 Å². The fraction of sp³-hybridized carbons (Fsp3) is 0.0435. The summed E-state index contributed by atoms with van der Waals surface area (Å²) in [6.45, 7) is 0. The van der Waals surface area contributed by atoms with Gasteiger partial charge in [0.2, 0.25) is 0 Å². The highest BCUT2D eigenvalue weighted by Gasteiger charge is 2.29. The van der Waals surface area contributed by atoms with Crippen molar-refractivity contribution in [3.8, 4) is 11.1 Å². The first-order chi connectivity index (χ1) is 13.9. The number of benzene rings is 3. The summed E-state index contributed by atoms with van der Waals surface area (Å²) in [7, 11) is 0. The third-order valence-corrected chi connectivity index (χ3v) is 4.57. The summed E-state index contributed by atoms with van der Waals surface area (Å²) >= 11 is 0. The largest absolute Gasteiger partial charge is 0.416 e. The topological polar surface area (TPSA) is 45.8 Å². The van der Waals surface area contributed by atoms with Crippen LogP contribution in [-0.4, -0.2) is 16.3 Å². The zero-order valence-electron chi connectivity index (χ0n) is 15.1. The smallest absolute Gasteiger partial charge is 0.338 e. The van der Waals surface area contributed by atoms with E-state index in [1.807, 2.05) is 36.4 Å². The van der Waals surface area contributed by atoms with Gasteiger partial charge in [-0.05, 0) is 47.0 Å². The van der Waals surface area contributed by atoms with Gasteiger partial charge in [0.1, 0.15) is 5.82 Å². The molecule has 29 heavy (non-hydrogen) atoms. The first kappa shape index (κ1) is 18.7. The molecule has 0 aliphatic rings. The van der Waals surface area contributed by atoms with Crippen molar-refractivity contribution >= 4 is 29.5 Å². The summed E-state index contributed by atoms with van der Waals surface area (Å²) in [6.07, 6.45) is -0.117. The van der Waals surface area contributed by atoms with Gasteiger partial charge < -0.3 is 4.98 Å². The molecule has 3 nitrogen and oxygen atoms in total. The summed E-state index contributed by atoms with van der Waals surface area (Å²) in [6, 6.07) is 17.9. The third kappa shape index (κ3) is 3.96. The second kappa shape index (κ2) is 7.39. The quantitative estimate of drug-likeness (QED) is 0.418. The molecular formula is C23H15F3N2O. The van der Waals surface area contributed by atoms with E-state index >= 15 is 0 Å². The van der Waals surface area contributed by atoms with E-state index in [-0.39, 0.29) is 0 Å². The Balaban J connectivity index is 1.61. The molecule has 4 aromatic rings. The number of rotatable bonds is 4. The number of aromatic nitrogens is 2. The van der Waals surface area contributed by atoms with Gasteiger partial charge in [0.05, 0.1) is 16.6 Å². The van der Waals surface area contributed by atoms with Crippen molar-refractivity contribution in [1.29, 1.82) is 0 Å². The minimum atomic E-state index is -4.35. The SMILES string of the molecule is O=Cc1ccccc1-c1ccc2nc(C=Cc3ccc(C(F)(F)F)cc3)[nH]c2c1. The van der Waals surface area contributed by atoms with Crippen LogP contribution in [0.15, 0.2) is 66.7 Å². The van der Waals surface area contributed by atoms with Crippen molar-refractivity contribution in [2.24, 2.45) is 0 Å². The van der Waals surface area contributed by atoms with E-state index in [2.05, 4.69) is 9.97 Å². The standard InChI is InChI=1S/C23H15F3N2O/c24-23(25,26)18-9-5-15(6-10-18)7-12-22-27-20-11-8-16(13-21(20)28-22)19-4-2-1-3-17(19)14-29/h1-14H,(H,27,28). The molecule has 0 saturated heterocycles. The lowest BCUT2D eigenvalue weighted by atomic mass is 10.0. The molecule has 3 aromatic carbocycles. The Labute approximate surface area is 164 Å². The molecule has 0 saturated carbocycles. The molecular weight excluding hydrogens is 377 g/mol. The fourth-order valence-electron chi connectivity index (χ4n) is 3.10. The summed E-state index contributed by atoms with van der Waals surface area (Å²) in [4.78, 5) is 18.9.